The highest BCUT2D eigenvalue weighted by Crippen LogP contribution is 2.19. The van der Waals surface area contributed by atoms with Gasteiger partial charge in [0.05, 0.1) is 13.2 Å². The van der Waals surface area contributed by atoms with Gasteiger partial charge < -0.3 is 30.3 Å². The lowest BCUT2D eigenvalue weighted by molar-refractivity contribution is -0.129. The van der Waals surface area contributed by atoms with Crippen LogP contribution in [-0.4, -0.2) is 69.8 Å². The number of rotatable bonds is 18. The summed E-state index contributed by atoms with van der Waals surface area (Å²) in [5, 5.41) is 47.0. The predicted molar refractivity (Wildman–Crippen MR) is 117 cm³/mol. The molecule has 0 saturated heterocycles. The molecular formula is C23H46O6. The molecule has 0 heterocycles. The number of hydrogen-bond donors (Lipinski definition) is 5. The summed E-state index contributed by atoms with van der Waals surface area (Å²) in [6, 6.07) is 0. The molecule has 0 aromatic carbocycles. The van der Waals surface area contributed by atoms with Crippen LogP contribution in [0.3, 0.4) is 0 Å². The van der Waals surface area contributed by atoms with Crippen LogP contribution in [0.4, 0.5) is 0 Å². The van der Waals surface area contributed by atoms with Gasteiger partial charge in [0.1, 0.15) is 24.4 Å². The maximum atomic E-state index is 9.76. The third-order valence-corrected chi connectivity index (χ3v) is 5.35. The summed E-state index contributed by atoms with van der Waals surface area (Å²) in [5.41, 5.74) is 1.40. The zero-order valence-electron chi connectivity index (χ0n) is 19.0. The first kappa shape index (κ1) is 28.5. The van der Waals surface area contributed by atoms with Crippen LogP contribution in [0.2, 0.25) is 0 Å². The second kappa shape index (κ2) is 17.2. The Morgan fingerprint density at radius 2 is 1.48 bits per heavy atom. The van der Waals surface area contributed by atoms with Gasteiger partial charge in [-0.3, -0.25) is 0 Å². The monoisotopic (exact) mass is 418 g/mol. The van der Waals surface area contributed by atoms with E-state index in [0.29, 0.717) is 6.61 Å². The average Bonchev–Trinajstić information content (AvgIpc) is 2.68. The number of allylic oxidation sites excluding steroid dienone is 2. The van der Waals surface area contributed by atoms with E-state index in [1.54, 1.807) is 0 Å². The van der Waals surface area contributed by atoms with Gasteiger partial charge in [-0.15, -0.1) is 0 Å². The molecule has 0 saturated carbocycles. The van der Waals surface area contributed by atoms with Crippen LogP contribution < -0.4 is 0 Å². The quantitative estimate of drug-likeness (QED) is 0.173. The average molecular weight is 419 g/mol. The van der Waals surface area contributed by atoms with E-state index < -0.39 is 31.0 Å². The van der Waals surface area contributed by atoms with E-state index in [1.165, 1.54) is 37.7 Å². The Morgan fingerprint density at radius 3 is 2.10 bits per heavy atom. The largest absolute Gasteiger partial charge is 0.394 e. The Kier molecular flexibility index (Phi) is 16.9. The lowest BCUT2D eigenvalue weighted by Gasteiger charge is -2.25. The van der Waals surface area contributed by atoms with E-state index in [2.05, 4.69) is 33.8 Å². The highest BCUT2D eigenvalue weighted by molar-refractivity contribution is 4.97. The molecule has 0 amide bonds. The molecule has 0 spiro atoms. The summed E-state index contributed by atoms with van der Waals surface area (Å²) >= 11 is 0. The molecule has 6 nitrogen and oxygen atoms in total. The number of aliphatic hydroxyl groups is 5. The van der Waals surface area contributed by atoms with Gasteiger partial charge in [-0.2, -0.15) is 0 Å². The number of ether oxygens (including phenoxy) is 1. The molecule has 6 heteroatoms. The van der Waals surface area contributed by atoms with Crippen molar-refractivity contribution in [3.8, 4) is 0 Å². The third kappa shape index (κ3) is 15.0. The third-order valence-electron chi connectivity index (χ3n) is 5.35. The van der Waals surface area contributed by atoms with Crippen molar-refractivity contribution in [2.24, 2.45) is 11.8 Å². The fourth-order valence-electron chi connectivity index (χ4n) is 3.25. The van der Waals surface area contributed by atoms with Gasteiger partial charge in [-0.05, 0) is 44.4 Å². The summed E-state index contributed by atoms with van der Waals surface area (Å²) in [5.74, 6) is 1.60. The Bertz CT molecular complexity index is 412. The van der Waals surface area contributed by atoms with E-state index in [-0.39, 0.29) is 6.61 Å². The van der Waals surface area contributed by atoms with Crippen LogP contribution in [0.25, 0.3) is 0 Å². The van der Waals surface area contributed by atoms with Gasteiger partial charge in [0, 0.05) is 6.61 Å². The smallest absolute Gasteiger partial charge is 0.111 e. The molecule has 0 aliphatic heterocycles. The fourth-order valence-corrected chi connectivity index (χ4v) is 3.25. The second-order valence-electron chi connectivity index (χ2n) is 8.89. The van der Waals surface area contributed by atoms with Crippen molar-refractivity contribution in [3.05, 3.63) is 11.6 Å². The van der Waals surface area contributed by atoms with Crippen LogP contribution >= 0.6 is 0 Å². The van der Waals surface area contributed by atoms with Crippen molar-refractivity contribution in [1.82, 2.24) is 0 Å². The van der Waals surface area contributed by atoms with Gasteiger partial charge >= 0.3 is 0 Å². The number of unbranched alkanes of at least 4 members (excludes halogenated alkanes) is 1. The van der Waals surface area contributed by atoms with Gasteiger partial charge in [-0.1, -0.05) is 58.1 Å². The molecule has 0 bridgehead atoms. The van der Waals surface area contributed by atoms with Crippen LogP contribution in [0.15, 0.2) is 11.6 Å². The predicted octanol–water partition coefficient (Wildman–Crippen LogP) is 2.80. The SMILES string of the molecule is C/C(=C\CCCOC[C@@H](O)[C@H](O)[C@@H](O)[C@@H](O)CO)CCCC(C)CCCC(C)C. The second-order valence-corrected chi connectivity index (χ2v) is 8.89. The first-order valence-electron chi connectivity index (χ1n) is 11.3. The standard InChI is InChI=1S/C23H46O6/c1-17(2)9-7-11-19(4)13-8-12-18(3)10-5-6-14-29-16-21(26)23(28)22(27)20(25)15-24/h10,17,19-28H,5-9,11-16H2,1-4H3/b18-10+/t19?,20-,21+,22-,23-/m0/s1. The highest BCUT2D eigenvalue weighted by Gasteiger charge is 2.29. The van der Waals surface area contributed by atoms with E-state index in [0.717, 1.165) is 31.1 Å². The summed E-state index contributed by atoms with van der Waals surface area (Å²) in [6.07, 6.45) is 5.60. The van der Waals surface area contributed by atoms with Crippen LogP contribution in [-0.2, 0) is 4.74 Å². The molecule has 1 unspecified atom stereocenters. The van der Waals surface area contributed by atoms with E-state index in [9.17, 15) is 20.4 Å². The molecule has 5 N–H and O–H groups in total. The molecule has 0 aliphatic rings. The number of aliphatic hydroxyl groups excluding tert-OH is 5. The summed E-state index contributed by atoms with van der Waals surface area (Å²) < 4.78 is 5.33. The Morgan fingerprint density at radius 1 is 0.862 bits per heavy atom. The summed E-state index contributed by atoms with van der Waals surface area (Å²) in [4.78, 5) is 0. The minimum absolute atomic E-state index is 0.131. The highest BCUT2D eigenvalue weighted by atomic mass is 16.5. The first-order valence-corrected chi connectivity index (χ1v) is 11.3. The summed E-state index contributed by atoms with van der Waals surface area (Å²) in [7, 11) is 0. The molecule has 174 valence electrons. The van der Waals surface area contributed by atoms with Gasteiger partial charge in [-0.25, -0.2) is 0 Å². The van der Waals surface area contributed by atoms with Crippen molar-refractivity contribution in [2.45, 2.75) is 103 Å². The fraction of sp³-hybridized carbons (Fsp3) is 0.913. The van der Waals surface area contributed by atoms with Gasteiger partial charge in [0.2, 0.25) is 0 Å². The Hall–Kier alpha value is -0.500. The number of hydrogen-bond acceptors (Lipinski definition) is 6. The lowest BCUT2D eigenvalue weighted by Crippen LogP contribution is -2.47. The van der Waals surface area contributed by atoms with E-state index >= 15 is 0 Å². The van der Waals surface area contributed by atoms with Crippen molar-refractivity contribution >= 4 is 0 Å². The minimum atomic E-state index is -1.61. The topological polar surface area (TPSA) is 110 Å². The normalized spacial score (nSPS) is 17.9. The molecular weight excluding hydrogens is 372 g/mol. The van der Waals surface area contributed by atoms with Crippen LogP contribution in [0.1, 0.15) is 79.1 Å². The van der Waals surface area contributed by atoms with Crippen LogP contribution in [0.5, 0.6) is 0 Å². The van der Waals surface area contributed by atoms with Crippen molar-refractivity contribution in [1.29, 1.82) is 0 Å². The molecule has 0 aromatic rings. The Labute approximate surface area is 177 Å². The zero-order valence-corrected chi connectivity index (χ0v) is 19.0. The zero-order chi connectivity index (χ0) is 22.2. The molecule has 0 fully saturated rings. The van der Waals surface area contributed by atoms with Gasteiger partial charge in [0.15, 0.2) is 0 Å². The van der Waals surface area contributed by atoms with Crippen molar-refractivity contribution in [2.75, 3.05) is 19.8 Å². The molecule has 0 aliphatic carbocycles. The molecule has 0 radical (unpaired) electrons. The molecule has 5 atom stereocenters. The van der Waals surface area contributed by atoms with Crippen molar-refractivity contribution < 1.29 is 30.3 Å². The first-order chi connectivity index (χ1) is 13.7. The maximum Gasteiger partial charge on any atom is 0.111 e. The van der Waals surface area contributed by atoms with Crippen LogP contribution in [0, 0.1) is 11.8 Å². The maximum absolute atomic E-state index is 9.76. The minimum Gasteiger partial charge on any atom is -0.394 e. The van der Waals surface area contributed by atoms with E-state index in [1.807, 2.05) is 0 Å². The molecule has 0 rings (SSSR count). The lowest BCUT2D eigenvalue weighted by atomic mass is 9.94. The van der Waals surface area contributed by atoms with E-state index in [4.69, 9.17) is 9.84 Å². The van der Waals surface area contributed by atoms with Gasteiger partial charge in [0.25, 0.3) is 0 Å². The van der Waals surface area contributed by atoms with Crippen molar-refractivity contribution in [3.63, 3.8) is 0 Å². The molecule has 0 aromatic heterocycles. The molecule has 29 heavy (non-hydrogen) atoms. The Balaban J connectivity index is 3.78. The summed E-state index contributed by atoms with van der Waals surface area (Å²) in [6.45, 7) is 8.71.